The van der Waals surface area contributed by atoms with Crippen molar-refractivity contribution in [2.75, 3.05) is 11.1 Å². The lowest BCUT2D eigenvalue weighted by molar-refractivity contribution is 0.102. The van der Waals surface area contributed by atoms with Gasteiger partial charge in [-0.25, -0.2) is 4.98 Å². The maximum atomic E-state index is 12.0. The summed E-state index contributed by atoms with van der Waals surface area (Å²) in [5, 5.41) is 2.70. The molecule has 0 aliphatic heterocycles. The van der Waals surface area contributed by atoms with Crippen molar-refractivity contribution in [3.63, 3.8) is 0 Å². The number of pyridine rings is 2. The maximum absolute atomic E-state index is 12.0. The molecule has 18 heavy (non-hydrogen) atoms. The summed E-state index contributed by atoms with van der Waals surface area (Å²) in [7, 11) is 0. The number of aryl methyl sites for hydroxylation is 2. The SMILES string of the molecule is Cc1cc(NC(=O)c2ncccc2C)ncc1N. The Kier molecular flexibility index (Phi) is 3.23. The van der Waals surface area contributed by atoms with Gasteiger partial charge in [-0.1, -0.05) is 6.07 Å². The number of nitrogens with zero attached hydrogens (tertiary/aromatic N) is 2. The first-order valence-corrected chi connectivity index (χ1v) is 5.53. The molecule has 0 atom stereocenters. The van der Waals surface area contributed by atoms with Gasteiger partial charge >= 0.3 is 0 Å². The lowest BCUT2D eigenvalue weighted by Crippen LogP contribution is -2.16. The zero-order valence-electron chi connectivity index (χ0n) is 10.3. The van der Waals surface area contributed by atoms with Crippen LogP contribution in [0.25, 0.3) is 0 Å². The van der Waals surface area contributed by atoms with Crippen LogP contribution < -0.4 is 11.1 Å². The minimum absolute atomic E-state index is 0.273. The first kappa shape index (κ1) is 12.0. The number of amides is 1. The van der Waals surface area contributed by atoms with E-state index in [9.17, 15) is 4.79 Å². The number of rotatable bonds is 2. The molecule has 0 aliphatic rings. The first-order valence-electron chi connectivity index (χ1n) is 5.53. The highest BCUT2D eigenvalue weighted by Gasteiger charge is 2.11. The number of hydrogen-bond donors (Lipinski definition) is 2. The van der Waals surface area contributed by atoms with Gasteiger partial charge in [-0.3, -0.25) is 9.78 Å². The van der Waals surface area contributed by atoms with E-state index < -0.39 is 0 Å². The van der Waals surface area contributed by atoms with E-state index >= 15 is 0 Å². The van der Waals surface area contributed by atoms with Crippen molar-refractivity contribution >= 4 is 17.4 Å². The molecule has 2 heterocycles. The zero-order valence-corrected chi connectivity index (χ0v) is 10.3. The number of nitrogen functional groups attached to an aromatic ring is 1. The number of carbonyl (C=O) groups excluding carboxylic acids is 1. The van der Waals surface area contributed by atoms with E-state index in [-0.39, 0.29) is 5.91 Å². The van der Waals surface area contributed by atoms with Crippen molar-refractivity contribution in [2.45, 2.75) is 13.8 Å². The predicted molar refractivity (Wildman–Crippen MR) is 70.3 cm³/mol. The molecule has 0 bridgehead atoms. The number of anilines is 2. The second-order valence-electron chi connectivity index (χ2n) is 4.05. The van der Waals surface area contributed by atoms with Crippen LogP contribution in [0, 0.1) is 13.8 Å². The van der Waals surface area contributed by atoms with Crippen LogP contribution in [0.2, 0.25) is 0 Å². The van der Waals surface area contributed by atoms with Crippen LogP contribution in [-0.2, 0) is 0 Å². The third-order valence-corrected chi connectivity index (χ3v) is 2.62. The average molecular weight is 242 g/mol. The van der Waals surface area contributed by atoms with Gasteiger partial charge in [0, 0.05) is 6.20 Å². The standard InChI is InChI=1S/C13H14N4O/c1-8-4-3-5-15-12(8)13(18)17-11-6-9(2)10(14)7-16-11/h3-7H,14H2,1-2H3,(H,16,17,18). The van der Waals surface area contributed by atoms with Gasteiger partial charge < -0.3 is 11.1 Å². The quantitative estimate of drug-likeness (QED) is 0.843. The van der Waals surface area contributed by atoms with Crippen LogP contribution in [0.4, 0.5) is 11.5 Å². The van der Waals surface area contributed by atoms with Gasteiger partial charge in [0.1, 0.15) is 11.5 Å². The number of carbonyl (C=O) groups is 1. The van der Waals surface area contributed by atoms with Crippen LogP contribution in [0.1, 0.15) is 21.6 Å². The molecule has 3 N–H and O–H groups in total. The highest BCUT2D eigenvalue weighted by atomic mass is 16.1. The number of hydrogen-bond acceptors (Lipinski definition) is 4. The number of nitrogens with one attached hydrogen (secondary N) is 1. The molecule has 0 spiro atoms. The van der Waals surface area contributed by atoms with Crippen molar-refractivity contribution in [3.05, 3.63) is 47.4 Å². The Morgan fingerprint density at radius 1 is 1.28 bits per heavy atom. The Morgan fingerprint density at radius 3 is 2.72 bits per heavy atom. The molecule has 0 radical (unpaired) electrons. The summed E-state index contributed by atoms with van der Waals surface area (Å²) in [5.41, 5.74) is 8.36. The van der Waals surface area contributed by atoms with Gasteiger partial charge in [0.25, 0.3) is 5.91 Å². The summed E-state index contributed by atoms with van der Waals surface area (Å²) in [6.45, 7) is 3.70. The van der Waals surface area contributed by atoms with Crippen molar-refractivity contribution in [3.8, 4) is 0 Å². The summed E-state index contributed by atoms with van der Waals surface area (Å²) in [6, 6.07) is 5.35. The number of nitrogens with two attached hydrogens (primary N) is 1. The lowest BCUT2D eigenvalue weighted by atomic mass is 10.2. The molecule has 0 aromatic carbocycles. The van der Waals surface area contributed by atoms with Crippen LogP contribution in [0.3, 0.4) is 0 Å². The Bertz CT molecular complexity index is 595. The molecule has 5 nitrogen and oxygen atoms in total. The molecular weight excluding hydrogens is 228 g/mol. The predicted octanol–water partition coefficient (Wildman–Crippen LogP) is 1.93. The minimum atomic E-state index is -0.273. The summed E-state index contributed by atoms with van der Waals surface area (Å²) >= 11 is 0. The van der Waals surface area contributed by atoms with Gasteiger partial charge in [-0.2, -0.15) is 0 Å². The van der Waals surface area contributed by atoms with Crippen LogP contribution in [-0.4, -0.2) is 15.9 Å². The third-order valence-electron chi connectivity index (χ3n) is 2.62. The van der Waals surface area contributed by atoms with E-state index in [1.807, 2.05) is 19.9 Å². The molecule has 2 rings (SSSR count). The Hall–Kier alpha value is -2.43. The van der Waals surface area contributed by atoms with Crippen LogP contribution >= 0.6 is 0 Å². The Labute approximate surface area is 105 Å². The average Bonchev–Trinajstić information content (AvgIpc) is 2.34. The first-order chi connectivity index (χ1) is 8.58. The minimum Gasteiger partial charge on any atom is -0.397 e. The largest absolute Gasteiger partial charge is 0.397 e. The second-order valence-corrected chi connectivity index (χ2v) is 4.05. The zero-order chi connectivity index (χ0) is 13.1. The summed E-state index contributed by atoms with van der Waals surface area (Å²) in [4.78, 5) is 20.1. The van der Waals surface area contributed by atoms with Gasteiger partial charge in [-0.05, 0) is 37.1 Å². The van der Waals surface area contributed by atoms with E-state index in [1.54, 1.807) is 18.3 Å². The smallest absolute Gasteiger partial charge is 0.275 e. The van der Waals surface area contributed by atoms with E-state index in [0.717, 1.165) is 11.1 Å². The van der Waals surface area contributed by atoms with Crippen LogP contribution in [0.15, 0.2) is 30.6 Å². The van der Waals surface area contributed by atoms with Gasteiger partial charge in [0.2, 0.25) is 0 Å². The fourth-order valence-corrected chi connectivity index (χ4v) is 1.53. The fourth-order valence-electron chi connectivity index (χ4n) is 1.53. The molecule has 0 unspecified atom stereocenters. The molecule has 0 saturated heterocycles. The highest BCUT2D eigenvalue weighted by Crippen LogP contribution is 2.14. The summed E-state index contributed by atoms with van der Waals surface area (Å²) in [5.74, 6) is 0.196. The molecule has 1 amide bonds. The van der Waals surface area contributed by atoms with Crippen molar-refractivity contribution in [1.29, 1.82) is 0 Å². The molecular formula is C13H14N4O. The Balaban J connectivity index is 2.22. The third kappa shape index (κ3) is 2.45. The molecule has 0 fully saturated rings. The topological polar surface area (TPSA) is 80.9 Å². The van der Waals surface area contributed by atoms with Crippen molar-refractivity contribution in [2.24, 2.45) is 0 Å². The molecule has 5 heteroatoms. The van der Waals surface area contributed by atoms with Gasteiger partial charge in [0.15, 0.2) is 0 Å². The summed E-state index contributed by atoms with van der Waals surface area (Å²) < 4.78 is 0. The molecule has 2 aromatic rings. The lowest BCUT2D eigenvalue weighted by Gasteiger charge is -2.07. The van der Waals surface area contributed by atoms with Crippen molar-refractivity contribution in [1.82, 2.24) is 9.97 Å². The normalized spacial score (nSPS) is 10.1. The monoisotopic (exact) mass is 242 g/mol. The summed E-state index contributed by atoms with van der Waals surface area (Å²) in [6.07, 6.45) is 3.11. The van der Waals surface area contributed by atoms with Crippen LogP contribution in [0.5, 0.6) is 0 Å². The van der Waals surface area contributed by atoms with E-state index in [1.165, 1.54) is 6.20 Å². The second kappa shape index (κ2) is 4.83. The molecule has 2 aromatic heterocycles. The molecule has 92 valence electrons. The molecule has 0 saturated carbocycles. The van der Waals surface area contributed by atoms with E-state index in [2.05, 4.69) is 15.3 Å². The van der Waals surface area contributed by atoms with Gasteiger partial charge in [-0.15, -0.1) is 0 Å². The highest BCUT2D eigenvalue weighted by molar-refractivity contribution is 6.03. The van der Waals surface area contributed by atoms with E-state index in [0.29, 0.717) is 17.2 Å². The Morgan fingerprint density at radius 2 is 2.06 bits per heavy atom. The fraction of sp³-hybridized carbons (Fsp3) is 0.154. The maximum Gasteiger partial charge on any atom is 0.275 e. The van der Waals surface area contributed by atoms with Gasteiger partial charge in [0.05, 0.1) is 11.9 Å². The molecule has 0 aliphatic carbocycles. The number of aromatic nitrogens is 2. The van der Waals surface area contributed by atoms with E-state index in [4.69, 9.17) is 5.73 Å². The van der Waals surface area contributed by atoms with Crippen molar-refractivity contribution < 1.29 is 4.79 Å².